The van der Waals surface area contributed by atoms with Crippen LogP contribution in [0.4, 0.5) is 0 Å². The minimum absolute atomic E-state index is 0.359. The monoisotopic (exact) mass is 193 g/mol. The molecule has 1 aliphatic rings. The third-order valence-corrected chi connectivity index (χ3v) is 3.57. The van der Waals surface area contributed by atoms with Gasteiger partial charge in [0.2, 0.25) is 0 Å². The summed E-state index contributed by atoms with van der Waals surface area (Å²) in [7, 11) is 1.99. The van der Waals surface area contributed by atoms with E-state index in [1.54, 1.807) is 0 Å². The molecule has 0 bridgehead atoms. The predicted molar refractivity (Wildman–Crippen MR) is 56.8 cm³/mol. The van der Waals surface area contributed by atoms with Crippen molar-refractivity contribution in [3.05, 3.63) is 18.0 Å². The van der Waals surface area contributed by atoms with E-state index in [9.17, 15) is 0 Å². The van der Waals surface area contributed by atoms with Crippen LogP contribution in [-0.4, -0.2) is 15.8 Å². The van der Waals surface area contributed by atoms with Crippen molar-refractivity contribution in [2.45, 2.75) is 38.6 Å². The van der Waals surface area contributed by atoms with E-state index in [4.69, 9.17) is 5.73 Å². The average molecular weight is 193 g/mol. The van der Waals surface area contributed by atoms with Crippen LogP contribution in [0.5, 0.6) is 0 Å². The van der Waals surface area contributed by atoms with Gasteiger partial charge in [0.1, 0.15) is 0 Å². The van der Waals surface area contributed by atoms with Crippen LogP contribution in [-0.2, 0) is 13.5 Å². The maximum Gasteiger partial charge on any atom is 0.0492 e. The Morgan fingerprint density at radius 2 is 2.36 bits per heavy atom. The van der Waals surface area contributed by atoms with Crippen LogP contribution < -0.4 is 5.73 Å². The summed E-state index contributed by atoms with van der Waals surface area (Å²) < 4.78 is 1.93. The lowest BCUT2D eigenvalue weighted by Gasteiger charge is -2.18. The van der Waals surface area contributed by atoms with E-state index in [1.165, 1.54) is 18.5 Å². The van der Waals surface area contributed by atoms with Gasteiger partial charge < -0.3 is 5.73 Å². The van der Waals surface area contributed by atoms with Crippen LogP contribution in [0.2, 0.25) is 0 Å². The Kier molecular flexibility index (Phi) is 2.35. The van der Waals surface area contributed by atoms with Crippen molar-refractivity contribution in [3.63, 3.8) is 0 Å². The first-order chi connectivity index (χ1) is 6.62. The van der Waals surface area contributed by atoms with Crippen molar-refractivity contribution in [1.29, 1.82) is 0 Å². The second-order valence-corrected chi connectivity index (χ2v) is 4.75. The van der Waals surface area contributed by atoms with Crippen molar-refractivity contribution in [2.24, 2.45) is 18.2 Å². The molecule has 78 valence electrons. The number of nitrogens with two attached hydrogens (primary N) is 1. The summed E-state index contributed by atoms with van der Waals surface area (Å²) in [5, 5.41) is 4.15. The zero-order valence-corrected chi connectivity index (χ0v) is 9.03. The normalized spacial score (nSPS) is 20.8. The molecule has 0 spiro atoms. The van der Waals surface area contributed by atoms with Gasteiger partial charge in [0.05, 0.1) is 0 Å². The topological polar surface area (TPSA) is 43.8 Å². The first-order valence-electron chi connectivity index (χ1n) is 5.34. The van der Waals surface area contributed by atoms with Crippen LogP contribution in [0.25, 0.3) is 0 Å². The molecule has 1 aromatic heterocycles. The van der Waals surface area contributed by atoms with Crippen LogP contribution in [0.1, 0.15) is 31.9 Å². The number of rotatable bonds is 4. The second kappa shape index (κ2) is 3.39. The number of aryl methyl sites for hydroxylation is 2. The Labute approximate surface area is 85.3 Å². The predicted octanol–water partition coefficient (Wildman–Crippen LogP) is 1.48. The van der Waals surface area contributed by atoms with Crippen molar-refractivity contribution < 1.29 is 0 Å². The molecule has 1 atom stereocenters. The third-order valence-electron chi connectivity index (χ3n) is 3.57. The van der Waals surface area contributed by atoms with Gasteiger partial charge >= 0.3 is 0 Å². The molecule has 1 unspecified atom stereocenters. The van der Waals surface area contributed by atoms with Gasteiger partial charge in [-0.2, -0.15) is 5.10 Å². The molecule has 3 heteroatoms. The molecule has 1 heterocycles. The van der Waals surface area contributed by atoms with E-state index >= 15 is 0 Å². The summed E-state index contributed by atoms with van der Waals surface area (Å²) in [5.41, 5.74) is 7.88. The molecule has 0 saturated heterocycles. The molecule has 0 aliphatic heterocycles. The van der Waals surface area contributed by atoms with E-state index in [-0.39, 0.29) is 0 Å². The molecule has 1 saturated carbocycles. The summed E-state index contributed by atoms with van der Waals surface area (Å²) in [6, 6.07) is 2.43. The molecule has 1 fully saturated rings. The van der Waals surface area contributed by atoms with E-state index in [2.05, 4.69) is 18.1 Å². The van der Waals surface area contributed by atoms with Gasteiger partial charge in [0.25, 0.3) is 0 Å². The highest BCUT2D eigenvalue weighted by molar-refractivity contribution is 5.03. The molecule has 2 rings (SSSR count). The smallest absolute Gasteiger partial charge is 0.0492 e. The Hall–Kier alpha value is -0.830. The maximum absolute atomic E-state index is 6.15. The van der Waals surface area contributed by atoms with Gasteiger partial charge in [0, 0.05) is 25.0 Å². The van der Waals surface area contributed by atoms with Crippen molar-refractivity contribution in [3.8, 4) is 0 Å². The fraction of sp³-hybridized carbons (Fsp3) is 0.727. The van der Waals surface area contributed by atoms with Gasteiger partial charge in [-0.1, -0.05) is 6.92 Å². The van der Waals surface area contributed by atoms with E-state index in [1.807, 2.05) is 17.9 Å². The summed E-state index contributed by atoms with van der Waals surface area (Å²) >= 11 is 0. The highest BCUT2D eigenvalue weighted by Crippen LogP contribution is 2.48. The van der Waals surface area contributed by atoms with Crippen LogP contribution in [0, 0.1) is 5.41 Å². The van der Waals surface area contributed by atoms with Gasteiger partial charge in [-0.3, -0.25) is 4.68 Å². The molecule has 3 nitrogen and oxygen atoms in total. The second-order valence-electron chi connectivity index (χ2n) is 4.75. The fourth-order valence-electron chi connectivity index (χ4n) is 1.87. The van der Waals surface area contributed by atoms with Crippen LogP contribution in [0.15, 0.2) is 12.3 Å². The number of aromatic nitrogens is 2. The van der Waals surface area contributed by atoms with Crippen molar-refractivity contribution in [1.82, 2.24) is 9.78 Å². The van der Waals surface area contributed by atoms with Gasteiger partial charge in [-0.15, -0.1) is 0 Å². The zero-order chi connectivity index (χ0) is 10.2. The number of hydrogen-bond acceptors (Lipinski definition) is 2. The third kappa shape index (κ3) is 1.82. The number of hydrogen-bond donors (Lipinski definition) is 1. The first-order valence-corrected chi connectivity index (χ1v) is 5.34. The quantitative estimate of drug-likeness (QED) is 0.787. The van der Waals surface area contributed by atoms with Crippen molar-refractivity contribution >= 4 is 0 Å². The molecular formula is C11H19N3. The largest absolute Gasteiger partial charge is 0.327 e. The lowest BCUT2D eigenvalue weighted by Crippen LogP contribution is -2.30. The standard InChI is InChI=1S/C11H19N3/c1-11(6-7-11)10(12)4-3-9-5-8-13-14(9)2/h5,8,10H,3-4,6-7,12H2,1-2H3. The van der Waals surface area contributed by atoms with Crippen molar-refractivity contribution in [2.75, 3.05) is 0 Å². The molecule has 1 aliphatic carbocycles. The fourth-order valence-corrected chi connectivity index (χ4v) is 1.87. The van der Waals surface area contributed by atoms with Crippen LogP contribution in [0.3, 0.4) is 0 Å². The Morgan fingerprint density at radius 3 is 2.86 bits per heavy atom. The van der Waals surface area contributed by atoms with Gasteiger partial charge in [0.15, 0.2) is 0 Å². The lowest BCUT2D eigenvalue weighted by atomic mass is 9.95. The summed E-state index contributed by atoms with van der Waals surface area (Å²) in [4.78, 5) is 0. The molecule has 2 N–H and O–H groups in total. The van der Waals surface area contributed by atoms with Crippen LogP contribution >= 0.6 is 0 Å². The Morgan fingerprint density at radius 1 is 1.64 bits per heavy atom. The highest BCUT2D eigenvalue weighted by atomic mass is 15.2. The number of nitrogens with zero attached hydrogens (tertiary/aromatic N) is 2. The summed E-state index contributed by atoms with van der Waals surface area (Å²) in [6.07, 6.45) is 6.59. The molecular weight excluding hydrogens is 174 g/mol. The Balaban J connectivity index is 1.85. The van der Waals surface area contributed by atoms with Gasteiger partial charge in [-0.25, -0.2) is 0 Å². The maximum atomic E-state index is 6.15. The summed E-state index contributed by atoms with van der Waals surface area (Å²) in [5.74, 6) is 0. The van der Waals surface area contributed by atoms with E-state index < -0.39 is 0 Å². The van der Waals surface area contributed by atoms with E-state index in [0.717, 1.165) is 12.8 Å². The minimum atomic E-state index is 0.359. The molecule has 14 heavy (non-hydrogen) atoms. The molecule has 0 aromatic carbocycles. The summed E-state index contributed by atoms with van der Waals surface area (Å²) in [6.45, 7) is 2.29. The minimum Gasteiger partial charge on any atom is -0.327 e. The Bertz CT molecular complexity index is 312. The first kappa shape index (κ1) is 9.71. The molecule has 0 radical (unpaired) electrons. The zero-order valence-electron chi connectivity index (χ0n) is 9.03. The molecule has 0 amide bonds. The molecule has 1 aromatic rings. The highest BCUT2D eigenvalue weighted by Gasteiger charge is 2.42. The van der Waals surface area contributed by atoms with Gasteiger partial charge in [-0.05, 0) is 37.2 Å². The van der Waals surface area contributed by atoms with E-state index in [0.29, 0.717) is 11.5 Å². The lowest BCUT2D eigenvalue weighted by molar-refractivity contribution is 0.408. The average Bonchev–Trinajstić information content (AvgIpc) is 2.77. The SMILES string of the molecule is Cn1nccc1CCC(N)C1(C)CC1.